The van der Waals surface area contributed by atoms with Gasteiger partial charge >= 0.3 is 6.03 Å². The van der Waals surface area contributed by atoms with Crippen molar-refractivity contribution in [2.75, 3.05) is 7.11 Å². The van der Waals surface area contributed by atoms with Crippen molar-refractivity contribution in [2.24, 2.45) is 11.1 Å². The number of hydrogen-bond donors (Lipinski definition) is 2. The van der Waals surface area contributed by atoms with Gasteiger partial charge in [0.05, 0.1) is 7.11 Å². The fraction of sp³-hybridized carbons (Fsp3) is 0.250. The van der Waals surface area contributed by atoms with Gasteiger partial charge in [-0.2, -0.15) is 0 Å². The summed E-state index contributed by atoms with van der Waals surface area (Å²) in [6.07, 6.45) is -0.540. The largest absolute Gasteiger partial charge is 0.497 e. The Kier molecular flexibility index (Phi) is 2.59. The molecule has 1 fully saturated rings. The standard InChI is InChI=1S/C12H11N3O4/c1-18-7-4-2-6(3-5-7)9-8-10(15-19-9)13-12(17)14-11(8)16/h2-5,8-9H,1H3,(H2,13,14,15,16,17). The second-order valence-corrected chi connectivity index (χ2v) is 4.20. The molecule has 2 N–H and O–H groups in total. The lowest BCUT2D eigenvalue weighted by Crippen LogP contribution is -2.55. The van der Waals surface area contributed by atoms with Crippen molar-refractivity contribution in [3.63, 3.8) is 0 Å². The molecule has 98 valence electrons. The van der Waals surface area contributed by atoms with Crippen LogP contribution < -0.4 is 15.4 Å². The van der Waals surface area contributed by atoms with Crippen LogP contribution in [0.2, 0.25) is 0 Å². The topological polar surface area (TPSA) is 89.0 Å². The van der Waals surface area contributed by atoms with Crippen molar-refractivity contribution in [1.29, 1.82) is 0 Å². The van der Waals surface area contributed by atoms with E-state index in [4.69, 9.17) is 9.57 Å². The quantitative estimate of drug-likeness (QED) is 0.813. The first kappa shape index (κ1) is 11.5. The van der Waals surface area contributed by atoms with Crippen molar-refractivity contribution >= 4 is 17.8 Å². The van der Waals surface area contributed by atoms with E-state index in [0.29, 0.717) is 5.75 Å². The molecule has 2 heterocycles. The van der Waals surface area contributed by atoms with Crippen molar-refractivity contribution in [3.05, 3.63) is 29.8 Å². The molecule has 7 heteroatoms. The second-order valence-electron chi connectivity index (χ2n) is 4.20. The van der Waals surface area contributed by atoms with Crippen molar-refractivity contribution in [2.45, 2.75) is 6.10 Å². The molecule has 19 heavy (non-hydrogen) atoms. The van der Waals surface area contributed by atoms with Crippen molar-refractivity contribution < 1.29 is 19.2 Å². The molecule has 2 aliphatic heterocycles. The van der Waals surface area contributed by atoms with E-state index in [2.05, 4.69) is 15.8 Å². The lowest BCUT2D eigenvalue weighted by atomic mass is 9.93. The summed E-state index contributed by atoms with van der Waals surface area (Å²) in [4.78, 5) is 28.2. The molecule has 3 amide bonds. The van der Waals surface area contributed by atoms with Gasteiger partial charge in [-0.25, -0.2) is 4.79 Å². The molecular weight excluding hydrogens is 250 g/mol. The highest BCUT2D eigenvalue weighted by Crippen LogP contribution is 2.34. The van der Waals surface area contributed by atoms with Crippen LogP contribution in [0.3, 0.4) is 0 Å². The van der Waals surface area contributed by atoms with Crippen LogP contribution in [0, 0.1) is 5.92 Å². The van der Waals surface area contributed by atoms with E-state index in [1.54, 1.807) is 31.4 Å². The number of carbonyl (C=O) groups is 2. The number of urea groups is 1. The maximum atomic E-state index is 11.8. The molecule has 7 nitrogen and oxygen atoms in total. The number of fused-ring (bicyclic) bond motifs is 1. The van der Waals surface area contributed by atoms with E-state index in [0.717, 1.165) is 5.56 Å². The molecule has 1 saturated heterocycles. The Hall–Kier alpha value is -2.57. The van der Waals surface area contributed by atoms with E-state index >= 15 is 0 Å². The number of hydrogen-bond acceptors (Lipinski definition) is 5. The highest BCUT2D eigenvalue weighted by molar-refractivity contribution is 6.18. The smallest absolute Gasteiger partial charge is 0.326 e. The average molecular weight is 261 g/mol. The summed E-state index contributed by atoms with van der Waals surface area (Å²) in [6.45, 7) is 0. The first-order valence-electron chi connectivity index (χ1n) is 5.68. The van der Waals surface area contributed by atoms with Gasteiger partial charge in [0.1, 0.15) is 11.7 Å². The molecule has 2 aliphatic rings. The van der Waals surface area contributed by atoms with Gasteiger partial charge in [-0.3, -0.25) is 15.4 Å². The number of amides is 3. The summed E-state index contributed by atoms with van der Waals surface area (Å²) in [5, 5.41) is 8.41. The van der Waals surface area contributed by atoms with Crippen LogP contribution >= 0.6 is 0 Å². The molecule has 0 aliphatic carbocycles. The summed E-state index contributed by atoms with van der Waals surface area (Å²) >= 11 is 0. The summed E-state index contributed by atoms with van der Waals surface area (Å²) in [7, 11) is 1.58. The van der Waals surface area contributed by atoms with E-state index in [1.165, 1.54) is 0 Å². The number of rotatable bonds is 2. The number of nitrogens with zero attached hydrogens (tertiary/aromatic N) is 1. The van der Waals surface area contributed by atoms with Gasteiger partial charge in [-0.15, -0.1) is 0 Å². The van der Waals surface area contributed by atoms with Gasteiger partial charge in [0.25, 0.3) is 0 Å². The van der Waals surface area contributed by atoms with Crippen LogP contribution in [-0.4, -0.2) is 24.9 Å². The molecular formula is C12H11N3O4. The van der Waals surface area contributed by atoms with Crippen LogP contribution in [0.4, 0.5) is 4.79 Å². The molecule has 3 rings (SSSR count). The van der Waals surface area contributed by atoms with E-state index in [1.807, 2.05) is 0 Å². The molecule has 0 saturated carbocycles. The second kappa shape index (κ2) is 4.27. The number of nitrogens with one attached hydrogen (secondary N) is 2. The maximum Gasteiger partial charge on any atom is 0.326 e. The summed E-state index contributed by atoms with van der Waals surface area (Å²) in [5.41, 5.74) is 0.788. The highest BCUT2D eigenvalue weighted by Gasteiger charge is 2.45. The average Bonchev–Trinajstić information content (AvgIpc) is 2.83. The molecule has 0 aromatic heterocycles. The minimum Gasteiger partial charge on any atom is -0.497 e. The lowest BCUT2D eigenvalue weighted by Gasteiger charge is -2.22. The molecule has 0 radical (unpaired) electrons. The van der Waals surface area contributed by atoms with Gasteiger partial charge in [0.2, 0.25) is 5.91 Å². The van der Waals surface area contributed by atoms with E-state index < -0.39 is 24.0 Å². The molecule has 2 atom stereocenters. The molecule has 0 spiro atoms. The lowest BCUT2D eigenvalue weighted by molar-refractivity contribution is -0.125. The Morgan fingerprint density at radius 2 is 1.95 bits per heavy atom. The predicted octanol–water partition coefficient (Wildman–Crippen LogP) is 0.536. The number of amidine groups is 1. The fourth-order valence-corrected chi connectivity index (χ4v) is 2.12. The summed E-state index contributed by atoms with van der Waals surface area (Å²) in [5.74, 6) is -0.0919. The minimum absolute atomic E-state index is 0.245. The van der Waals surface area contributed by atoms with Crippen molar-refractivity contribution in [1.82, 2.24) is 10.6 Å². The number of carbonyl (C=O) groups excluding carboxylic acids is 2. The normalized spacial score (nSPS) is 24.8. The molecule has 0 bridgehead atoms. The SMILES string of the molecule is COc1ccc(C2ON=C3NC(=O)NC(=O)C32)cc1. The number of ether oxygens (including phenoxy) is 1. The zero-order valence-corrected chi connectivity index (χ0v) is 10.0. The van der Waals surface area contributed by atoms with Crippen LogP contribution in [0.25, 0.3) is 0 Å². The first-order chi connectivity index (χ1) is 9.19. The third-order valence-corrected chi connectivity index (χ3v) is 3.07. The van der Waals surface area contributed by atoms with E-state index in [9.17, 15) is 9.59 Å². The minimum atomic E-state index is -0.633. The van der Waals surface area contributed by atoms with E-state index in [-0.39, 0.29) is 5.84 Å². The fourth-order valence-electron chi connectivity index (χ4n) is 2.12. The summed E-state index contributed by atoms with van der Waals surface area (Å²) in [6, 6.07) is 6.56. The third-order valence-electron chi connectivity index (χ3n) is 3.07. The molecule has 2 unspecified atom stereocenters. The Morgan fingerprint density at radius 3 is 2.63 bits per heavy atom. The predicted molar refractivity (Wildman–Crippen MR) is 64.4 cm³/mol. The van der Waals surface area contributed by atoms with Crippen LogP contribution in [0.1, 0.15) is 11.7 Å². The Balaban J connectivity index is 1.87. The molecule has 1 aromatic rings. The molecule has 1 aromatic carbocycles. The van der Waals surface area contributed by atoms with Gasteiger partial charge in [-0.1, -0.05) is 17.3 Å². The zero-order chi connectivity index (χ0) is 13.4. The number of benzene rings is 1. The Morgan fingerprint density at radius 1 is 1.21 bits per heavy atom. The van der Waals surface area contributed by atoms with Crippen molar-refractivity contribution in [3.8, 4) is 5.75 Å². The van der Waals surface area contributed by atoms with Gasteiger partial charge in [0.15, 0.2) is 11.9 Å². The first-order valence-corrected chi connectivity index (χ1v) is 5.68. The van der Waals surface area contributed by atoms with Crippen LogP contribution in [-0.2, 0) is 9.63 Å². The van der Waals surface area contributed by atoms with Crippen LogP contribution in [0.5, 0.6) is 5.75 Å². The highest BCUT2D eigenvalue weighted by atomic mass is 16.6. The number of methoxy groups -OCH3 is 1. The number of imide groups is 1. The zero-order valence-electron chi connectivity index (χ0n) is 10.0. The maximum absolute atomic E-state index is 11.8. The monoisotopic (exact) mass is 261 g/mol. The Bertz CT molecular complexity index is 567. The summed E-state index contributed by atoms with van der Waals surface area (Å²) < 4.78 is 5.07. The van der Waals surface area contributed by atoms with Gasteiger partial charge < -0.3 is 9.57 Å². The third kappa shape index (κ3) is 1.88. The van der Waals surface area contributed by atoms with Crippen LogP contribution in [0.15, 0.2) is 29.4 Å². The van der Waals surface area contributed by atoms with Gasteiger partial charge in [-0.05, 0) is 17.7 Å². The number of oxime groups is 1. The van der Waals surface area contributed by atoms with Gasteiger partial charge in [0, 0.05) is 0 Å². The Labute approximate surface area is 108 Å².